The Morgan fingerprint density at radius 2 is 0.496 bits per heavy atom. The largest absolute Gasteiger partial charge is 0.463 e. The smallest absolute Gasteiger partial charge is 0.333 e. The second kappa shape index (κ2) is 49.6. The number of carbonyl (C=O) groups excluding carboxylic acids is 10. The number of hydrogen-bond donors (Lipinski definition) is 0. The first-order chi connectivity index (χ1) is 66.5. The van der Waals surface area contributed by atoms with Gasteiger partial charge in [0.1, 0.15) is 69.7 Å². The van der Waals surface area contributed by atoms with Crippen molar-refractivity contribution < 1.29 is 171 Å². The van der Waals surface area contributed by atoms with E-state index in [2.05, 4.69) is 39.5 Å². The van der Waals surface area contributed by atoms with Crippen LogP contribution in [0.25, 0.3) is 0 Å². The fourth-order valence-electron chi connectivity index (χ4n) is 21.2. The van der Waals surface area contributed by atoms with Gasteiger partial charge in [-0.2, -0.15) is 0 Å². The maximum absolute atomic E-state index is 13.1. The summed E-state index contributed by atoms with van der Waals surface area (Å²) in [6.45, 7) is 34.2. The molecule has 9 aliphatic heterocycles. The lowest BCUT2D eigenvalue weighted by Crippen LogP contribution is -2.45. The minimum atomic E-state index is -0.630. The summed E-state index contributed by atoms with van der Waals surface area (Å²) < 4.78 is 150. The minimum absolute atomic E-state index is 0.00348. The van der Waals surface area contributed by atoms with E-state index in [1.807, 2.05) is 0 Å². The van der Waals surface area contributed by atoms with E-state index in [9.17, 15) is 47.9 Å². The van der Waals surface area contributed by atoms with Crippen molar-refractivity contribution >= 4 is 59.3 Å². The van der Waals surface area contributed by atoms with Crippen molar-refractivity contribution in [3.63, 3.8) is 0 Å². The normalized spacial score (nSPS) is 28.9. The van der Waals surface area contributed by atoms with Gasteiger partial charge in [-0.25, -0.2) is 28.8 Å². The number of rotatable bonds is 31. The fourth-order valence-corrected chi connectivity index (χ4v) is 21.2. The van der Waals surface area contributed by atoms with Crippen LogP contribution in [0.2, 0.25) is 0 Å². The molecule has 9 heterocycles. The van der Waals surface area contributed by atoms with Gasteiger partial charge in [0.15, 0.2) is 82.5 Å². The second-order valence-electron chi connectivity index (χ2n) is 40.5. The number of ether oxygens (including phenoxy) is 26. The molecule has 139 heavy (non-hydrogen) atoms. The van der Waals surface area contributed by atoms with Gasteiger partial charge in [0.25, 0.3) is 0 Å². The van der Waals surface area contributed by atoms with Crippen molar-refractivity contribution in [2.24, 2.45) is 5.92 Å². The highest BCUT2D eigenvalue weighted by molar-refractivity contribution is 5.92. The summed E-state index contributed by atoms with van der Waals surface area (Å²) in [4.78, 5) is 118. The molecule has 18 fully saturated rings. The molecule has 9 atom stereocenters. The van der Waals surface area contributed by atoms with Gasteiger partial charge >= 0.3 is 47.8 Å². The average Bonchev–Trinajstić information content (AvgIpc) is 1.59. The number of esters is 8. The van der Waals surface area contributed by atoms with Gasteiger partial charge in [0.2, 0.25) is 0 Å². The third-order valence-electron chi connectivity index (χ3n) is 28.6. The summed E-state index contributed by atoms with van der Waals surface area (Å²) in [5.74, 6) is -9.27. The molecule has 0 radical (unpaired) electrons. The van der Waals surface area contributed by atoms with E-state index in [4.69, 9.17) is 123 Å². The quantitative estimate of drug-likeness (QED) is 0.0353. The Kier molecular flexibility index (Phi) is 38.9. The maximum Gasteiger partial charge on any atom is 0.333 e. The summed E-state index contributed by atoms with van der Waals surface area (Å²) in [5.41, 5.74) is 1.93. The van der Waals surface area contributed by atoms with Gasteiger partial charge in [-0.15, -0.1) is 0 Å². The molecule has 0 amide bonds. The molecule has 18 aliphatic rings. The molecule has 18 rings (SSSR count). The summed E-state index contributed by atoms with van der Waals surface area (Å²) >= 11 is 0. The lowest BCUT2D eigenvalue weighted by Gasteiger charge is -2.30. The van der Waals surface area contributed by atoms with E-state index < -0.39 is 131 Å². The molecule has 9 aliphatic carbocycles. The van der Waals surface area contributed by atoms with Crippen molar-refractivity contribution in [3.05, 3.63) is 72.9 Å². The fraction of sp³-hybridized carbons (Fsp3) is 0.786. The van der Waals surface area contributed by atoms with E-state index in [0.717, 1.165) is 231 Å². The molecule has 9 spiro atoms. The van der Waals surface area contributed by atoms with Crippen molar-refractivity contribution in [2.75, 3.05) is 99.1 Å². The van der Waals surface area contributed by atoms with Crippen molar-refractivity contribution in [1.29, 1.82) is 0 Å². The van der Waals surface area contributed by atoms with Crippen molar-refractivity contribution in [2.45, 2.75) is 411 Å². The zero-order valence-electron chi connectivity index (χ0n) is 82.6. The van der Waals surface area contributed by atoms with Crippen LogP contribution in [-0.2, 0) is 171 Å². The van der Waals surface area contributed by atoms with Gasteiger partial charge in [-0.1, -0.05) is 39.5 Å². The highest BCUT2D eigenvalue weighted by Crippen LogP contribution is 2.51. The molecule has 778 valence electrons. The third kappa shape index (κ3) is 30.0. The van der Waals surface area contributed by atoms with Crippen LogP contribution in [0.4, 0.5) is 0 Å². The third-order valence-corrected chi connectivity index (χ3v) is 28.6. The van der Waals surface area contributed by atoms with Crippen LogP contribution in [0.1, 0.15) is 292 Å². The Hall–Kier alpha value is -7.18. The molecule has 0 aromatic rings. The second-order valence-corrected chi connectivity index (χ2v) is 40.5. The van der Waals surface area contributed by atoms with E-state index in [1.54, 1.807) is 41.5 Å². The zero-order chi connectivity index (χ0) is 99.2. The highest BCUT2D eigenvalue weighted by atomic mass is 16.8. The Morgan fingerprint density at radius 3 is 0.813 bits per heavy atom. The van der Waals surface area contributed by atoms with Crippen molar-refractivity contribution in [1.82, 2.24) is 0 Å². The summed E-state index contributed by atoms with van der Waals surface area (Å²) in [6, 6.07) is 0. The van der Waals surface area contributed by atoms with Crippen LogP contribution < -0.4 is 0 Å². The number of hydrogen-bond acceptors (Lipinski definition) is 36. The molecule has 0 N–H and O–H groups in total. The Bertz CT molecular complexity index is 4160. The van der Waals surface area contributed by atoms with Gasteiger partial charge in [-0.3, -0.25) is 19.2 Å². The zero-order valence-corrected chi connectivity index (χ0v) is 82.6. The van der Waals surface area contributed by atoms with Crippen molar-refractivity contribution in [3.8, 4) is 0 Å². The summed E-state index contributed by atoms with van der Waals surface area (Å²) in [7, 11) is 0. The number of ketones is 2. The number of Topliss-reactive ketones (excluding diaryl/α,β-unsaturated/α-hetero) is 2. The monoisotopic (exact) mass is 1960 g/mol. The van der Waals surface area contributed by atoms with Gasteiger partial charge in [-0.05, 0) is 157 Å². The van der Waals surface area contributed by atoms with Crippen LogP contribution in [0, 0.1) is 5.92 Å². The molecule has 36 heteroatoms. The average molecular weight is 1960 g/mol. The Morgan fingerprint density at radius 1 is 0.259 bits per heavy atom. The molecule has 9 unspecified atom stereocenters. The first-order valence-corrected chi connectivity index (χ1v) is 50.7. The standard InChI is InChI=1S/C22H32O8.C21H30O7.C19H28O6.C15H22O6.C14H20O5.C12H18O4/c1-15(2)20(24)25-12-7-18(23)28-19(16-13-26-21(29-16)8-3-4-9-21)17-14-27-22(30-17)10-5-6-11-22;1-14(2)19(23)24-11-15(22)18(16-12-25-20(27-16)7-3-4-8-20)17-13-26-21(28-17)9-5-6-10-21;1-13(2)17(20)23-16(14-11-21-18(24-14)7-3-4-8-18)15-12-22-19(25-15)9-5-6-10-19;1-11(2)14(17)18-8-5-13(16)19-9-12-10-20-15(21-12)6-3-4-7-15;1-10(2)13(16)17-8-11(15)7-12-9-18-14(19-12)5-3-4-6-14;1-9(2)11(13)14-7-10-8-15-12(16-10)5-3-4-6-12/h16-17,19H,1,3-14H2,2H3;16-18H,1,3-13H2,2H3;14-16H,1,3-12H2,2H3;12H,1,3-10H2,2H3;12H,1,3-9H2,2H3;10H,1,3-8H2,2H3. The van der Waals surface area contributed by atoms with E-state index in [-0.39, 0.29) is 129 Å². The summed E-state index contributed by atoms with van der Waals surface area (Å²) in [6.07, 6.45) is 31.8. The first kappa shape index (κ1) is 109. The number of carbonyl (C=O) groups is 10. The predicted octanol–water partition coefficient (Wildman–Crippen LogP) is 13.6. The predicted molar refractivity (Wildman–Crippen MR) is 490 cm³/mol. The van der Waals surface area contributed by atoms with Gasteiger partial charge in [0.05, 0.1) is 96.5 Å². The SMILES string of the molecule is C=C(C)C(=O)OC(C1COC2(CCCC2)O1)C1COC2(CCCC2)O1.C=C(C)C(=O)OCC(=O)C(C1COC2(CCCC2)O1)C1COC2(CCCC2)O1.C=C(C)C(=O)OCC(=O)CC1COC2(CCCC2)O1.C=C(C)C(=O)OCC1COC2(CCCC2)O1.C=C(C)C(=O)OCCC(=O)OC(C1COC2(CCCC2)O1)C1COC2(CCCC2)O1.C=C(C)C(=O)OCCC(=O)OCC1COC2(CCCC2)O1. The molecule has 9 saturated carbocycles. The Balaban J connectivity index is 0.000000142. The van der Waals surface area contributed by atoms with E-state index >= 15 is 0 Å². The topological polar surface area (TPSA) is 411 Å². The molecular weight excluding hydrogens is 1810 g/mol. The molecule has 9 saturated heterocycles. The summed E-state index contributed by atoms with van der Waals surface area (Å²) in [5, 5.41) is 0. The first-order valence-electron chi connectivity index (χ1n) is 50.7. The van der Waals surface area contributed by atoms with E-state index in [1.165, 1.54) is 0 Å². The van der Waals surface area contributed by atoms with Crippen LogP contribution in [-0.4, -0.2) is 278 Å². The van der Waals surface area contributed by atoms with Gasteiger partial charge < -0.3 is 123 Å². The highest BCUT2D eigenvalue weighted by Gasteiger charge is 2.59. The lowest BCUT2D eigenvalue weighted by atomic mass is 9.92. The van der Waals surface area contributed by atoms with E-state index in [0.29, 0.717) is 76.2 Å². The van der Waals surface area contributed by atoms with Crippen LogP contribution in [0.15, 0.2) is 72.9 Å². The molecule has 0 bridgehead atoms. The molecule has 0 aromatic heterocycles. The molecular formula is C103H150O36. The molecule has 0 aromatic carbocycles. The van der Waals surface area contributed by atoms with Crippen LogP contribution in [0.5, 0.6) is 0 Å². The van der Waals surface area contributed by atoms with Crippen LogP contribution >= 0.6 is 0 Å². The minimum Gasteiger partial charge on any atom is -0.463 e. The van der Waals surface area contributed by atoms with Crippen LogP contribution in [0.3, 0.4) is 0 Å². The molecule has 36 nitrogen and oxygen atoms in total. The van der Waals surface area contributed by atoms with Gasteiger partial charge in [0, 0.05) is 155 Å². The Labute approximate surface area is 815 Å². The maximum atomic E-state index is 13.1. The lowest BCUT2D eigenvalue weighted by molar-refractivity contribution is -0.207.